The second-order valence-electron chi connectivity index (χ2n) is 8.57. The smallest absolute Gasteiger partial charge is 0.200 e. The van der Waals surface area contributed by atoms with Crippen LogP contribution in [-0.2, 0) is 0 Å². The normalized spacial score (nSPS) is 11.7. The highest BCUT2D eigenvalue weighted by Crippen LogP contribution is 2.50. The Morgan fingerprint density at radius 3 is 1.05 bits per heavy atom. The van der Waals surface area contributed by atoms with Crippen LogP contribution < -0.4 is 0 Å². The Kier molecular flexibility index (Phi) is 7.22. The average Bonchev–Trinajstić information content (AvgIpc) is 3.39. The van der Waals surface area contributed by atoms with Crippen molar-refractivity contribution < 1.29 is 65.9 Å². The quantitative estimate of drug-likeness (QED) is 0.110. The van der Waals surface area contributed by atoms with Crippen molar-refractivity contribution in [3.05, 3.63) is 104 Å². The van der Waals surface area contributed by atoms with E-state index in [9.17, 15) is 57.1 Å². The van der Waals surface area contributed by atoms with Crippen LogP contribution in [0, 0.1) is 87.3 Å². The minimum atomic E-state index is -2.71. The SMILES string of the molecule is Fc1c(F)c(F)c(-c2cc3[nH]cc(-c4c(F)c(F)c(F)c(F)c4F)c3c(-c3c(F)c(F)c(F)c(F)c3F)c2Br)c(F)c1F. The summed E-state index contributed by atoms with van der Waals surface area (Å²) < 4.78 is 214. The molecule has 5 aromatic rings. The van der Waals surface area contributed by atoms with Gasteiger partial charge < -0.3 is 4.98 Å². The van der Waals surface area contributed by atoms with Gasteiger partial charge in [0.25, 0.3) is 0 Å². The van der Waals surface area contributed by atoms with Gasteiger partial charge in [0, 0.05) is 38.3 Å². The Labute approximate surface area is 235 Å². The van der Waals surface area contributed by atoms with Gasteiger partial charge in [0.15, 0.2) is 69.8 Å². The van der Waals surface area contributed by atoms with Gasteiger partial charge >= 0.3 is 0 Å². The summed E-state index contributed by atoms with van der Waals surface area (Å²) in [6.07, 6.45) is 0.424. The van der Waals surface area contributed by atoms with Crippen molar-refractivity contribution in [2.75, 3.05) is 0 Å². The summed E-state index contributed by atoms with van der Waals surface area (Å²) in [4.78, 5) is 2.10. The van der Waals surface area contributed by atoms with Crippen molar-refractivity contribution in [1.29, 1.82) is 0 Å². The fraction of sp³-hybridized carbons (Fsp3) is 0. The fourth-order valence-corrected chi connectivity index (χ4v) is 5.10. The first-order chi connectivity index (χ1) is 20.0. The summed E-state index contributed by atoms with van der Waals surface area (Å²) in [5, 5.41) is -1.08. The zero-order valence-corrected chi connectivity index (χ0v) is 21.3. The molecule has 4 aromatic carbocycles. The Morgan fingerprint density at radius 1 is 0.372 bits per heavy atom. The number of halogens is 16. The maximum Gasteiger partial charge on any atom is 0.200 e. The molecule has 0 atom stereocenters. The molecule has 0 spiro atoms. The van der Waals surface area contributed by atoms with Crippen LogP contribution in [0.1, 0.15) is 0 Å². The summed E-state index contributed by atoms with van der Waals surface area (Å²) in [5.74, 6) is -38.8. The summed E-state index contributed by atoms with van der Waals surface area (Å²) in [5.41, 5.74) is -10.2. The Hall–Kier alpha value is -4.15. The molecule has 0 fully saturated rings. The van der Waals surface area contributed by atoms with Gasteiger partial charge in [-0.3, -0.25) is 0 Å². The van der Waals surface area contributed by atoms with E-state index in [1.54, 1.807) is 0 Å². The van der Waals surface area contributed by atoms with Gasteiger partial charge in [0.2, 0.25) is 17.5 Å². The van der Waals surface area contributed by atoms with Crippen molar-refractivity contribution in [3.63, 3.8) is 0 Å². The van der Waals surface area contributed by atoms with E-state index < -0.39 is 136 Å². The highest BCUT2D eigenvalue weighted by atomic mass is 79.9. The molecule has 1 aromatic heterocycles. The van der Waals surface area contributed by atoms with Crippen LogP contribution in [0.2, 0.25) is 0 Å². The van der Waals surface area contributed by atoms with Crippen molar-refractivity contribution in [1.82, 2.24) is 4.98 Å². The molecule has 17 heteroatoms. The maximum atomic E-state index is 15.1. The Bertz CT molecular complexity index is 1960. The van der Waals surface area contributed by atoms with Crippen molar-refractivity contribution >= 4 is 26.8 Å². The predicted octanol–water partition coefficient (Wildman–Crippen LogP) is 10.0. The lowest BCUT2D eigenvalue weighted by Crippen LogP contribution is -2.07. The minimum Gasteiger partial charge on any atom is -0.361 e. The number of hydrogen-bond acceptors (Lipinski definition) is 0. The average molecular weight is 694 g/mol. The van der Waals surface area contributed by atoms with Gasteiger partial charge in [-0.1, -0.05) is 0 Å². The van der Waals surface area contributed by atoms with Gasteiger partial charge in [-0.25, -0.2) is 65.9 Å². The number of hydrogen-bond donors (Lipinski definition) is 1. The first-order valence-corrected chi connectivity index (χ1v) is 11.7. The molecule has 5 rings (SSSR count). The standard InChI is InChI=1S/C26H3BrF15N/c27-11-3(7-12(28)18(34)24(40)19(35)13(7)29)1-5-6(9(11)10-16(32)22(38)26(42)23(39)17(10)33)4(2-43-5)8-14(30)20(36)25(41)21(37)15(8)31/h1-2,43H. The lowest BCUT2D eigenvalue weighted by Gasteiger charge is -2.18. The Balaban J connectivity index is 2.07. The van der Waals surface area contributed by atoms with Crippen LogP contribution in [0.25, 0.3) is 44.3 Å². The maximum absolute atomic E-state index is 15.1. The second kappa shape index (κ2) is 10.2. The third-order valence-electron chi connectivity index (χ3n) is 6.32. The number of aromatic amines is 1. The molecule has 0 amide bonds. The van der Waals surface area contributed by atoms with E-state index in [-0.39, 0.29) is 0 Å². The molecule has 1 heterocycles. The van der Waals surface area contributed by atoms with Crippen molar-refractivity contribution in [3.8, 4) is 33.4 Å². The summed E-state index contributed by atoms with van der Waals surface area (Å²) in [7, 11) is 0. The van der Waals surface area contributed by atoms with Crippen LogP contribution in [0.3, 0.4) is 0 Å². The topological polar surface area (TPSA) is 15.8 Å². The van der Waals surface area contributed by atoms with E-state index >= 15 is 8.78 Å². The van der Waals surface area contributed by atoms with E-state index in [2.05, 4.69) is 20.9 Å². The van der Waals surface area contributed by atoms with Crippen LogP contribution >= 0.6 is 15.9 Å². The third kappa shape index (κ3) is 4.11. The molecule has 0 saturated carbocycles. The van der Waals surface area contributed by atoms with Crippen LogP contribution in [0.4, 0.5) is 65.9 Å². The van der Waals surface area contributed by atoms with Crippen molar-refractivity contribution in [2.24, 2.45) is 0 Å². The largest absolute Gasteiger partial charge is 0.361 e. The molecule has 0 aliphatic carbocycles. The molecule has 1 nitrogen and oxygen atoms in total. The van der Waals surface area contributed by atoms with Gasteiger partial charge in [0.05, 0.1) is 16.7 Å². The molecule has 224 valence electrons. The molecule has 0 unspecified atom stereocenters. The Morgan fingerprint density at radius 2 is 0.674 bits per heavy atom. The lowest BCUT2D eigenvalue weighted by atomic mass is 9.90. The number of fused-ring (bicyclic) bond motifs is 1. The molecular formula is C26H3BrF15N. The number of H-pyrrole nitrogens is 1. The molecular weight excluding hydrogens is 691 g/mol. The van der Waals surface area contributed by atoms with Crippen molar-refractivity contribution in [2.45, 2.75) is 0 Å². The minimum absolute atomic E-state index is 0.424. The van der Waals surface area contributed by atoms with Crippen LogP contribution in [-0.4, -0.2) is 4.98 Å². The number of nitrogens with one attached hydrogen (secondary N) is 1. The third-order valence-corrected chi connectivity index (χ3v) is 7.15. The molecule has 0 saturated heterocycles. The zero-order chi connectivity index (χ0) is 32.0. The first-order valence-electron chi connectivity index (χ1n) is 10.9. The lowest BCUT2D eigenvalue weighted by molar-refractivity contribution is 0.381. The zero-order valence-electron chi connectivity index (χ0n) is 19.7. The summed E-state index contributed by atoms with van der Waals surface area (Å²) in [6.45, 7) is 0. The molecule has 0 aliphatic heterocycles. The predicted molar refractivity (Wildman–Crippen MR) is 122 cm³/mol. The molecule has 0 bridgehead atoms. The molecule has 1 N–H and O–H groups in total. The van der Waals surface area contributed by atoms with Gasteiger partial charge in [-0.2, -0.15) is 0 Å². The van der Waals surface area contributed by atoms with E-state index in [1.165, 1.54) is 0 Å². The second-order valence-corrected chi connectivity index (χ2v) is 9.37. The molecule has 43 heavy (non-hydrogen) atoms. The van der Waals surface area contributed by atoms with E-state index in [4.69, 9.17) is 0 Å². The monoisotopic (exact) mass is 693 g/mol. The summed E-state index contributed by atoms with van der Waals surface area (Å²) >= 11 is 2.56. The van der Waals surface area contributed by atoms with Gasteiger partial charge in [-0.15, -0.1) is 0 Å². The van der Waals surface area contributed by atoms with E-state index in [1.807, 2.05) is 0 Å². The molecule has 0 aliphatic rings. The molecule has 0 radical (unpaired) electrons. The fourth-order valence-electron chi connectivity index (χ4n) is 4.40. The highest BCUT2D eigenvalue weighted by Gasteiger charge is 2.35. The number of rotatable bonds is 3. The van der Waals surface area contributed by atoms with E-state index in [0.29, 0.717) is 12.3 Å². The highest BCUT2D eigenvalue weighted by molar-refractivity contribution is 9.10. The van der Waals surface area contributed by atoms with E-state index in [0.717, 1.165) is 0 Å². The van der Waals surface area contributed by atoms with Gasteiger partial charge in [0.1, 0.15) is 0 Å². The number of aromatic nitrogens is 1. The number of benzene rings is 4. The van der Waals surface area contributed by atoms with Crippen LogP contribution in [0.5, 0.6) is 0 Å². The first kappa shape index (κ1) is 30.3. The summed E-state index contributed by atoms with van der Waals surface area (Å²) in [6, 6.07) is 0.447. The van der Waals surface area contributed by atoms with Crippen LogP contribution in [0.15, 0.2) is 16.7 Å². The van der Waals surface area contributed by atoms with Gasteiger partial charge in [-0.05, 0) is 22.0 Å².